The number of nitrogens with zero attached hydrogens (tertiary/aromatic N) is 2. The van der Waals surface area contributed by atoms with Crippen LogP contribution in [0.15, 0.2) is 48.5 Å². The summed E-state index contributed by atoms with van der Waals surface area (Å²) in [6, 6.07) is 13.5. The Bertz CT molecular complexity index is 1100. The SMILES string of the molecule is CCc1ccccc1N(CC(=O)N(Cc1ccc(OC)cc1)[C@H](CC)C(=O)NC(C)C)S(C)(=O)=O. The lowest BCUT2D eigenvalue weighted by molar-refractivity contribution is -0.140. The van der Waals surface area contributed by atoms with Gasteiger partial charge >= 0.3 is 0 Å². The van der Waals surface area contributed by atoms with Gasteiger partial charge in [0.1, 0.15) is 18.3 Å². The molecule has 0 saturated heterocycles. The van der Waals surface area contributed by atoms with E-state index in [0.717, 1.165) is 21.7 Å². The highest BCUT2D eigenvalue weighted by Crippen LogP contribution is 2.24. The molecule has 1 atom stereocenters. The van der Waals surface area contributed by atoms with Crippen LogP contribution in [-0.4, -0.2) is 57.1 Å². The predicted octanol–water partition coefficient (Wildman–Crippen LogP) is 3.36. The van der Waals surface area contributed by atoms with Crippen LogP contribution in [0.3, 0.4) is 0 Å². The first kappa shape index (κ1) is 28.2. The normalized spacial score (nSPS) is 12.2. The van der Waals surface area contributed by atoms with Crippen LogP contribution in [0.5, 0.6) is 5.75 Å². The summed E-state index contributed by atoms with van der Waals surface area (Å²) in [7, 11) is -2.19. The zero-order valence-corrected chi connectivity index (χ0v) is 22.3. The second-order valence-electron chi connectivity index (χ2n) is 8.71. The van der Waals surface area contributed by atoms with Crippen LogP contribution in [0.1, 0.15) is 45.2 Å². The van der Waals surface area contributed by atoms with Crippen LogP contribution < -0.4 is 14.4 Å². The van der Waals surface area contributed by atoms with Crippen molar-refractivity contribution in [2.75, 3.05) is 24.2 Å². The molecule has 0 aromatic heterocycles. The second kappa shape index (κ2) is 12.6. The van der Waals surface area contributed by atoms with Crippen molar-refractivity contribution in [3.05, 3.63) is 59.7 Å². The van der Waals surface area contributed by atoms with Gasteiger partial charge in [0.25, 0.3) is 0 Å². The van der Waals surface area contributed by atoms with E-state index in [-0.39, 0.29) is 18.5 Å². The maximum atomic E-state index is 13.7. The summed E-state index contributed by atoms with van der Waals surface area (Å²) in [6.07, 6.45) is 2.08. The maximum Gasteiger partial charge on any atom is 0.244 e. The van der Waals surface area contributed by atoms with Gasteiger partial charge in [-0.05, 0) is 56.0 Å². The minimum absolute atomic E-state index is 0.0987. The lowest BCUT2D eigenvalue weighted by atomic mass is 10.1. The molecule has 9 heteroatoms. The third kappa shape index (κ3) is 7.71. The fourth-order valence-electron chi connectivity index (χ4n) is 3.88. The molecule has 1 N–H and O–H groups in total. The molecule has 192 valence electrons. The Hall–Kier alpha value is -3.07. The molecule has 8 nitrogen and oxygen atoms in total. The van der Waals surface area contributed by atoms with Crippen molar-refractivity contribution in [3.63, 3.8) is 0 Å². The summed E-state index contributed by atoms with van der Waals surface area (Å²) in [6.45, 7) is 7.22. The van der Waals surface area contributed by atoms with Crippen molar-refractivity contribution < 1.29 is 22.7 Å². The van der Waals surface area contributed by atoms with Crippen LogP contribution in [0.2, 0.25) is 0 Å². The number of para-hydroxylation sites is 1. The number of methoxy groups -OCH3 is 1. The van der Waals surface area contributed by atoms with E-state index < -0.39 is 28.5 Å². The Balaban J connectivity index is 2.47. The Morgan fingerprint density at radius 2 is 1.66 bits per heavy atom. The van der Waals surface area contributed by atoms with Crippen LogP contribution in [0, 0.1) is 0 Å². The van der Waals surface area contributed by atoms with Crippen LogP contribution in [0.4, 0.5) is 5.69 Å². The Kier molecular flexibility index (Phi) is 10.1. The zero-order valence-electron chi connectivity index (χ0n) is 21.4. The van der Waals surface area contributed by atoms with Crippen LogP contribution in [-0.2, 0) is 32.6 Å². The third-order valence-electron chi connectivity index (χ3n) is 5.65. The molecular formula is C26H37N3O5S. The maximum absolute atomic E-state index is 13.7. The summed E-state index contributed by atoms with van der Waals surface area (Å²) < 4.78 is 31.9. The zero-order chi connectivity index (χ0) is 26.2. The number of hydrogen-bond donors (Lipinski definition) is 1. The highest BCUT2D eigenvalue weighted by Gasteiger charge is 2.32. The van der Waals surface area contributed by atoms with Crippen molar-refractivity contribution in [2.24, 2.45) is 0 Å². The van der Waals surface area contributed by atoms with E-state index in [2.05, 4.69) is 5.32 Å². The summed E-state index contributed by atoms with van der Waals surface area (Å²) in [4.78, 5) is 28.2. The van der Waals surface area contributed by atoms with E-state index in [1.807, 2.05) is 52.0 Å². The fourth-order valence-corrected chi connectivity index (χ4v) is 4.76. The summed E-state index contributed by atoms with van der Waals surface area (Å²) in [5.41, 5.74) is 2.08. The van der Waals surface area contributed by atoms with Crippen LogP contribution >= 0.6 is 0 Å². The largest absolute Gasteiger partial charge is 0.497 e. The van der Waals surface area contributed by atoms with E-state index in [4.69, 9.17) is 4.74 Å². The van der Waals surface area contributed by atoms with Gasteiger partial charge in [-0.2, -0.15) is 0 Å². The van der Waals surface area contributed by atoms with E-state index in [9.17, 15) is 18.0 Å². The summed E-state index contributed by atoms with van der Waals surface area (Å²) in [5, 5.41) is 2.88. The van der Waals surface area contributed by atoms with Crippen molar-refractivity contribution in [2.45, 2.75) is 59.2 Å². The molecule has 0 aliphatic carbocycles. The van der Waals surface area contributed by atoms with E-state index >= 15 is 0 Å². The van der Waals surface area contributed by atoms with Gasteiger partial charge in [-0.3, -0.25) is 13.9 Å². The number of hydrogen-bond acceptors (Lipinski definition) is 5. The topological polar surface area (TPSA) is 96.0 Å². The number of amides is 2. The molecule has 35 heavy (non-hydrogen) atoms. The predicted molar refractivity (Wildman–Crippen MR) is 139 cm³/mol. The molecule has 0 radical (unpaired) electrons. The standard InChI is InChI=1S/C26H37N3O5S/c1-7-21-11-9-10-12-24(21)29(35(6,32)33)18-25(30)28(23(8-2)26(31)27-19(3)4)17-20-13-15-22(34-5)16-14-20/h9-16,19,23H,7-8,17-18H2,1-6H3,(H,27,31)/t23-/m1/s1. The van der Waals surface area contributed by atoms with Gasteiger partial charge in [0.05, 0.1) is 19.1 Å². The fraction of sp³-hybridized carbons (Fsp3) is 0.462. The molecule has 0 fully saturated rings. The third-order valence-corrected chi connectivity index (χ3v) is 6.78. The van der Waals surface area contributed by atoms with Gasteiger partial charge in [-0.15, -0.1) is 0 Å². The number of nitrogens with one attached hydrogen (secondary N) is 1. The number of carbonyl (C=O) groups is 2. The molecule has 0 saturated carbocycles. The molecule has 2 amide bonds. The Morgan fingerprint density at radius 1 is 1.03 bits per heavy atom. The average Bonchev–Trinajstić information content (AvgIpc) is 2.81. The smallest absolute Gasteiger partial charge is 0.244 e. The van der Waals surface area contributed by atoms with Gasteiger partial charge < -0.3 is 15.0 Å². The van der Waals surface area contributed by atoms with E-state index in [1.165, 1.54) is 4.90 Å². The van der Waals surface area contributed by atoms with E-state index in [0.29, 0.717) is 24.3 Å². The minimum Gasteiger partial charge on any atom is -0.497 e. The molecule has 0 spiro atoms. The molecule has 2 rings (SSSR count). The minimum atomic E-state index is -3.76. The molecule has 0 aliphatic rings. The van der Waals surface area contributed by atoms with Crippen molar-refractivity contribution in [1.82, 2.24) is 10.2 Å². The van der Waals surface area contributed by atoms with Gasteiger partial charge in [0.2, 0.25) is 21.8 Å². The van der Waals surface area contributed by atoms with Crippen molar-refractivity contribution >= 4 is 27.5 Å². The number of benzene rings is 2. The van der Waals surface area contributed by atoms with Gasteiger partial charge in [-0.25, -0.2) is 8.42 Å². The quantitative estimate of drug-likeness (QED) is 0.479. The molecule has 2 aromatic rings. The molecule has 0 unspecified atom stereocenters. The first-order valence-electron chi connectivity index (χ1n) is 11.8. The number of carbonyl (C=O) groups excluding carboxylic acids is 2. The Morgan fingerprint density at radius 3 is 2.17 bits per heavy atom. The lowest BCUT2D eigenvalue weighted by Gasteiger charge is -2.33. The summed E-state index contributed by atoms with van der Waals surface area (Å²) in [5.74, 6) is -0.0530. The number of rotatable bonds is 12. The first-order chi connectivity index (χ1) is 16.5. The number of ether oxygens (including phenoxy) is 1. The van der Waals surface area contributed by atoms with E-state index in [1.54, 1.807) is 31.4 Å². The lowest BCUT2D eigenvalue weighted by Crippen LogP contribution is -2.53. The van der Waals surface area contributed by atoms with Crippen molar-refractivity contribution in [1.29, 1.82) is 0 Å². The van der Waals surface area contributed by atoms with Crippen LogP contribution in [0.25, 0.3) is 0 Å². The molecular weight excluding hydrogens is 466 g/mol. The number of anilines is 1. The molecule has 0 bridgehead atoms. The first-order valence-corrected chi connectivity index (χ1v) is 13.6. The monoisotopic (exact) mass is 503 g/mol. The molecule has 0 aliphatic heterocycles. The summed E-state index contributed by atoms with van der Waals surface area (Å²) >= 11 is 0. The highest BCUT2D eigenvalue weighted by molar-refractivity contribution is 7.92. The molecule has 2 aromatic carbocycles. The Labute approximate surface area is 209 Å². The van der Waals surface area contributed by atoms with Gasteiger partial charge in [-0.1, -0.05) is 44.2 Å². The number of sulfonamides is 1. The second-order valence-corrected chi connectivity index (χ2v) is 10.6. The average molecular weight is 504 g/mol. The van der Waals surface area contributed by atoms with Crippen molar-refractivity contribution in [3.8, 4) is 5.75 Å². The van der Waals surface area contributed by atoms with Gasteiger partial charge in [0.15, 0.2) is 0 Å². The number of aryl methyl sites for hydroxylation is 1. The van der Waals surface area contributed by atoms with Gasteiger partial charge in [0, 0.05) is 12.6 Å². The highest BCUT2D eigenvalue weighted by atomic mass is 32.2. The molecule has 0 heterocycles.